The van der Waals surface area contributed by atoms with Gasteiger partial charge in [-0.25, -0.2) is 0 Å². The summed E-state index contributed by atoms with van der Waals surface area (Å²) in [6.07, 6.45) is 5.49. The van der Waals surface area contributed by atoms with Gasteiger partial charge in [0.05, 0.1) is 6.54 Å². The maximum absolute atomic E-state index is 5.61. The highest BCUT2D eigenvalue weighted by Gasteiger charge is 2.17. The Balaban J connectivity index is 1.65. The lowest BCUT2D eigenvalue weighted by Gasteiger charge is -2.14. The van der Waals surface area contributed by atoms with Crippen LogP contribution in [-0.4, -0.2) is 5.25 Å². The van der Waals surface area contributed by atoms with E-state index in [1.54, 1.807) is 0 Å². The van der Waals surface area contributed by atoms with Gasteiger partial charge in [0.1, 0.15) is 11.5 Å². The highest BCUT2D eigenvalue weighted by atomic mass is 32.2. The summed E-state index contributed by atoms with van der Waals surface area (Å²) in [5, 5.41) is 4.30. The van der Waals surface area contributed by atoms with Crippen LogP contribution in [0.2, 0.25) is 0 Å². The molecule has 1 saturated carbocycles. The van der Waals surface area contributed by atoms with Gasteiger partial charge in [-0.3, -0.25) is 0 Å². The van der Waals surface area contributed by atoms with Crippen LogP contribution in [0.25, 0.3) is 0 Å². The van der Waals surface area contributed by atoms with E-state index in [4.69, 9.17) is 4.42 Å². The molecule has 3 rings (SSSR count). The van der Waals surface area contributed by atoms with Gasteiger partial charge in [-0.2, -0.15) is 0 Å². The smallest absolute Gasteiger partial charge is 0.123 e. The van der Waals surface area contributed by atoms with Gasteiger partial charge in [-0.15, -0.1) is 11.8 Å². The predicted octanol–water partition coefficient (Wildman–Crippen LogP) is 5.23. The minimum atomic E-state index is 0.746. The number of para-hydroxylation sites is 1. The van der Waals surface area contributed by atoms with Crippen molar-refractivity contribution < 1.29 is 4.42 Å². The molecule has 1 aliphatic carbocycles. The van der Waals surface area contributed by atoms with Gasteiger partial charge in [0.2, 0.25) is 0 Å². The summed E-state index contributed by atoms with van der Waals surface area (Å²) in [7, 11) is 0. The standard InChI is InChI=1S/C17H21NOS/c1-13-10-11-14(19-13)12-18-16-8-4-5-9-17(16)20-15-6-2-3-7-15/h4-5,8-11,15,18H,2-3,6-7,12H2,1H3. The number of rotatable bonds is 5. The van der Waals surface area contributed by atoms with Crippen molar-refractivity contribution in [2.45, 2.75) is 49.3 Å². The largest absolute Gasteiger partial charge is 0.465 e. The topological polar surface area (TPSA) is 25.2 Å². The second kappa shape index (κ2) is 6.40. The molecule has 20 heavy (non-hydrogen) atoms. The SMILES string of the molecule is Cc1ccc(CNc2ccccc2SC2CCCC2)o1. The van der Waals surface area contributed by atoms with Crippen LogP contribution in [0.3, 0.4) is 0 Å². The summed E-state index contributed by atoms with van der Waals surface area (Å²) in [6, 6.07) is 12.6. The van der Waals surface area contributed by atoms with E-state index in [1.807, 2.05) is 30.8 Å². The maximum Gasteiger partial charge on any atom is 0.123 e. The van der Waals surface area contributed by atoms with Crippen molar-refractivity contribution in [3.8, 4) is 0 Å². The van der Waals surface area contributed by atoms with Crippen molar-refractivity contribution >= 4 is 17.4 Å². The van der Waals surface area contributed by atoms with Crippen LogP contribution in [-0.2, 0) is 6.54 Å². The summed E-state index contributed by atoms with van der Waals surface area (Å²) < 4.78 is 5.61. The number of anilines is 1. The molecule has 1 N–H and O–H groups in total. The molecule has 0 spiro atoms. The first-order valence-electron chi connectivity index (χ1n) is 7.36. The number of nitrogens with one attached hydrogen (secondary N) is 1. The summed E-state index contributed by atoms with van der Waals surface area (Å²) in [5.41, 5.74) is 1.22. The summed E-state index contributed by atoms with van der Waals surface area (Å²) >= 11 is 2.03. The number of hydrogen-bond donors (Lipinski definition) is 1. The first kappa shape index (κ1) is 13.6. The molecule has 0 aliphatic heterocycles. The monoisotopic (exact) mass is 287 g/mol. The van der Waals surface area contributed by atoms with E-state index in [2.05, 4.69) is 29.6 Å². The lowest BCUT2D eigenvalue weighted by Crippen LogP contribution is -2.01. The summed E-state index contributed by atoms with van der Waals surface area (Å²) in [5.74, 6) is 1.96. The molecule has 1 aliphatic rings. The molecule has 1 aromatic heterocycles. The zero-order valence-electron chi connectivity index (χ0n) is 11.9. The average Bonchev–Trinajstić information content (AvgIpc) is 3.10. The Morgan fingerprint density at radius 2 is 1.95 bits per heavy atom. The zero-order valence-corrected chi connectivity index (χ0v) is 12.7. The Labute approximate surface area is 125 Å². The average molecular weight is 287 g/mol. The number of aryl methyl sites for hydroxylation is 1. The van der Waals surface area contributed by atoms with Crippen LogP contribution in [0.15, 0.2) is 45.7 Å². The van der Waals surface area contributed by atoms with E-state index in [0.29, 0.717) is 0 Å². The van der Waals surface area contributed by atoms with Crippen molar-refractivity contribution in [1.82, 2.24) is 0 Å². The second-order valence-electron chi connectivity index (χ2n) is 5.39. The summed E-state index contributed by atoms with van der Waals surface area (Å²) in [6.45, 7) is 2.73. The fourth-order valence-corrected chi connectivity index (χ4v) is 4.02. The summed E-state index contributed by atoms with van der Waals surface area (Å²) in [4.78, 5) is 1.36. The molecule has 106 valence electrons. The van der Waals surface area contributed by atoms with E-state index in [1.165, 1.54) is 36.3 Å². The Kier molecular flexibility index (Phi) is 4.36. The van der Waals surface area contributed by atoms with Gasteiger partial charge in [0.15, 0.2) is 0 Å². The second-order valence-corrected chi connectivity index (χ2v) is 6.73. The third kappa shape index (κ3) is 3.40. The number of hydrogen-bond acceptors (Lipinski definition) is 3. The molecule has 0 saturated heterocycles. The van der Waals surface area contributed by atoms with E-state index in [0.717, 1.165) is 23.3 Å². The van der Waals surface area contributed by atoms with E-state index < -0.39 is 0 Å². The van der Waals surface area contributed by atoms with Crippen LogP contribution in [0, 0.1) is 6.92 Å². The van der Waals surface area contributed by atoms with Crippen molar-refractivity contribution in [2.75, 3.05) is 5.32 Å². The van der Waals surface area contributed by atoms with Crippen LogP contribution in [0.5, 0.6) is 0 Å². The van der Waals surface area contributed by atoms with Crippen LogP contribution >= 0.6 is 11.8 Å². The van der Waals surface area contributed by atoms with Crippen molar-refractivity contribution in [3.05, 3.63) is 47.9 Å². The van der Waals surface area contributed by atoms with Gasteiger partial charge >= 0.3 is 0 Å². The van der Waals surface area contributed by atoms with Crippen LogP contribution < -0.4 is 5.32 Å². The molecule has 0 bridgehead atoms. The third-order valence-electron chi connectivity index (χ3n) is 3.73. The van der Waals surface area contributed by atoms with Gasteiger partial charge in [0, 0.05) is 15.8 Å². The fourth-order valence-electron chi connectivity index (χ4n) is 2.66. The van der Waals surface area contributed by atoms with Crippen molar-refractivity contribution in [2.24, 2.45) is 0 Å². The molecule has 0 atom stereocenters. The van der Waals surface area contributed by atoms with E-state index in [-0.39, 0.29) is 0 Å². The van der Waals surface area contributed by atoms with Crippen molar-refractivity contribution in [1.29, 1.82) is 0 Å². The lowest BCUT2D eigenvalue weighted by molar-refractivity contribution is 0.490. The van der Waals surface area contributed by atoms with Gasteiger partial charge < -0.3 is 9.73 Å². The molecule has 0 unspecified atom stereocenters. The molecular formula is C17H21NOS. The minimum absolute atomic E-state index is 0.746. The van der Waals surface area contributed by atoms with E-state index >= 15 is 0 Å². The minimum Gasteiger partial charge on any atom is -0.465 e. The maximum atomic E-state index is 5.61. The van der Waals surface area contributed by atoms with E-state index in [9.17, 15) is 0 Å². The fraction of sp³-hybridized carbons (Fsp3) is 0.412. The Morgan fingerprint density at radius 3 is 2.70 bits per heavy atom. The molecule has 3 heteroatoms. The molecular weight excluding hydrogens is 266 g/mol. The molecule has 0 amide bonds. The van der Waals surface area contributed by atoms with Crippen LogP contribution in [0.1, 0.15) is 37.2 Å². The Bertz CT molecular complexity index is 558. The quantitative estimate of drug-likeness (QED) is 0.814. The highest BCUT2D eigenvalue weighted by Crippen LogP contribution is 2.38. The van der Waals surface area contributed by atoms with Crippen LogP contribution in [0.4, 0.5) is 5.69 Å². The normalized spacial score (nSPS) is 15.7. The Morgan fingerprint density at radius 1 is 1.15 bits per heavy atom. The lowest BCUT2D eigenvalue weighted by atomic mass is 10.3. The highest BCUT2D eigenvalue weighted by molar-refractivity contribution is 8.00. The number of furan rings is 1. The molecule has 2 aromatic rings. The third-order valence-corrected chi connectivity index (χ3v) is 5.15. The molecule has 0 radical (unpaired) electrons. The molecule has 2 nitrogen and oxygen atoms in total. The molecule has 1 aromatic carbocycles. The number of benzene rings is 1. The number of thioether (sulfide) groups is 1. The zero-order chi connectivity index (χ0) is 13.8. The van der Waals surface area contributed by atoms with Gasteiger partial charge in [-0.05, 0) is 44.0 Å². The Hall–Kier alpha value is -1.35. The molecule has 1 heterocycles. The van der Waals surface area contributed by atoms with Gasteiger partial charge in [0.25, 0.3) is 0 Å². The first-order chi connectivity index (χ1) is 9.81. The predicted molar refractivity (Wildman–Crippen MR) is 85.3 cm³/mol. The van der Waals surface area contributed by atoms with Crippen molar-refractivity contribution in [3.63, 3.8) is 0 Å². The van der Waals surface area contributed by atoms with Gasteiger partial charge in [-0.1, -0.05) is 25.0 Å². The first-order valence-corrected chi connectivity index (χ1v) is 8.24. The molecule has 1 fully saturated rings.